The van der Waals surface area contributed by atoms with Gasteiger partial charge in [0.25, 0.3) is 0 Å². The molecule has 0 saturated heterocycles. The van der Waals surface area contributed by atoms with Crippen LogP contribution in [0.5, 0.6) is 17.2 Å². The van der Waals surface area contributed by atoms with Gasteiger partial charge in [0.05, 0.1) is 5.56 Å². The lowest BCUT2D eigenvalue weighted by Crippen LogP contribution is -2.04. The summed E-state index contributed by atoms with van der Waals surface area (Å²) in [5.41, 5.74) is 5.29. The summed E-state index contributed by atoms with van der Waals surface area (Å²) in [5.74, 6) is -0.000262. The summed E-state index contributed by atoms with van der Waals surface area (Å²) < 4.78 is 0. The first-order valence-electron chi connectivity index (χ1n) is 9.19. The van der Waals surface area contributed by atoms with Crippen molar-refractivity contribution in [2.24, 2.45) is 0 Å². The summed E-state index contributed by atoms with van der Waals surface area (Å²) in [4.78, 5) is 0. The van der Waals surface area contributed by atoms with Crippen LogP contribution in [0.2, 0.25) is 5.02 Å². The van der Waals surface area contributed by atoms with Gasteiger partial charge < -0.3 is 15.3 Å². The first kappa shape index (κ1) is 17.7. The molecule has 3 N–H and O–H groups in total. The molecule has 2 bridgehead atoms. The summed E-state index contributed by atoms with van der Waals surface area (Å²) >= 11 is 6.00. The SMILES string of the molecule is CCc1ccc(-c2ccc(Cl)cc2)cc1-c1c(O)c2c(O)c(c1O)CCC2. The Hall–Kier alpha value is -2.65. The van der Waals surface area contributed by atoms with Crippen LogP contribution in [0.15, 0.2) is 42.5 Å². The fourth-order valence-electron chi connectivity index (χ4n) is 3.93. The van der Waals surface area contributed by atoms with Crippen molar-refractivity contribution in [2.75, 3.05) is 0 Å². The van der Waals surface area contributed by atoms with Crippen molar-refractivity contribution >= 4 is 11.6 Å². The molecule has 27 heavy (non-hydrogen) atoms. The molecule has 3 nitrogen and oxygen atoms in total. The van der Waals surface area contributed by atoms with Crippen LogP contribution in [0.3, 0.4) is 0 Å². The third-order valence-corrected chi connectivity index (χ3v) is 5.66. The first-order valence-corrected chi connectivity index (χ1v) is 9.56. The molecule has 4 heteroatoms. The number of aryl methyl sites for hydroxylation is 1. The highest BCUT2D eigenvalue weighted by molar-refractivity contribution is 6.30. The summed E-state index contributed by atoms with van der Waals surface area (Å²) in [6.45, 7) is 2.04. The van der Waals surface area contributed by atoms with Crippen LogP contribution in [0.25, 0.3) is 22.3 Å². The van der Waals surface area contributed by atoms with E-state index in [0.717, 1.165) is 35.1 Å². The van der Waals surface area contributed by atoms with E-state index in [4.69, 9.17) is 11.6 Å². The van der Waals surface area contributed by atoms with Gasteiger partial charge in [-0.25, -0.2) is 0 Å². The highest BCUT2D eigenvalue weighted by Gasteiger charge is 2.28. The summed E-state index contributed by atoms with van der Waals surface area (Å²) in [5, 5.41) is 32.7. The Morgan fingerprint density at radius 1 is 0.815 bits per heavy atom. The van der Waals surface area contributed by atoms with Crippen molar-refractivity contribution in [3.8, 4) is 39.5 Å². The van der Waals surface area contributed by atoms with E-state index in [1.54, 1.807) is 0 Å². The minimum atomic E-state index is -0.0172. The molecule has 4 rings (SSSR count). The largest absolute Gasteiger partial charge is 0.507 e. The fraction of sp³-hybridized carbons (Fsp3) is 0.217. The highest BCUT2D eigenvalue weighted by atomic mass is 35.5. The molecule has 0 radical (unpaired) electrons. The molecule has 0 fully saturated rings. The summed E-state index contributed by atoms with van der Waals surface area (Å²) in [7, 11) is 0. The predicted molar refractivity (Wildman–Crippen MR) is 109 cm³/mol. The van der Waals surface area contributed by atoms with Crippen LogP contribution in [0, 0.1) is 0 Å². The van der Waals surface area contributed by atoms with Crippen molar-refractivity contribution in [1.82, 2.24) is 0 Å². The van der Waals surface area contributed by atoms with E-state index in [1.807, 2.05) is 49.4 Å². The summed E-state index contributed by atoms with van der Waals surface area (Å²) in [6, 6.07) is 13.6. The Bertz CT molecular complexity index is 992. The number of phenols is 3. The molecular weight excluding hydrogens is 360 g/mol. The van der Waals surface area contributed by atoms with Crippen LogP contribution in [0.4, 0.5) is 0 Å². The number of benzene rings is 3. The third-order valence-electron chi connectivity index (χ3n) is 5.41. The minimum Gasteiger partial charge on any atom is -0.507 e. The molecule has 0 atom stereocenters. The van der Waals surface area contributed by atoms with Crippen LogP contribution in [-0.2, 0) is 19.3 Å². The zero-order valence-electron chi connectivity index (χ0n) is 15.1. The van der Waals surface area contributed by atoms with Crippen LogP contribution >= 0.6 is 11.6 Å². The zero-order valence-corrected chi connectivity index (χ0v) is 15.8. The van der Waals surface area contributed by atoms with Gasteiger partial charge in [0, 0.05) is 16.1 Å². The average molecular weight is 381 g/mol. The van der Waals surface area contributed by atoms with E-state index >= 15 is 0 Å². The molecule has 0 spiro atoms. The second-order valence-corrected chi connectivity index (χ2v) is 7.40. The van der Waals surface area contributed by atoms with Gasteiger partial charge in [-0.05, 0) is 66.1 Å². The van der Waals surface area contributed by atoms with Crippen molar-refractivity contribution in [3.63, 3.8) is 0 Å². The Kier molecular flexibility index (Phi) is 4.48. The number of aromatic hydroxyl groups is 3. The van der Waals surface area contributed by atoms with E-state index < -0.39 is 0 Å². The first-order chi connectivity index (χ1) is 13.0. The number of fused-ring (bicyclic) bond motifs is 2. The van der Waals surface area contributed by atoms with Crippen LogP contribution in [0.1, 0.15) is 30.0 Å². The lowest BCUT2D eigenvalue weighted by molar-refractivity contribution is 0.402. The molecule has 0 unspecified atom stereocenters. The second-order valence-electron chi connectivity index (χ2n) is 6.96. The van der Waals surface area contributed by atoms with E-state index in [-0.39, 0.29) is 17.2 Å². The standard InChI is InChI=1S/C23H21ClO3/c1-2-13-6-7-15(14-8-10-16(24)11-9-14)12-19(13)20-22(26)17-4-3-5-18(21(17)25)23(20)27/h6-12,25-27H,2-5H2,1H3. The Labute approximate surface area is 163 Å². The number of hydrogen-bond acceptors (Lipinski definition) is 3. The van der Waals surface area contributed by atoms with Crippen molar-refractivity contribution in [3.05, 3.63) is 64.2 Å². The average Bonchev–Trinajstić information content (AvgIpc) is 2.67. The van der Waals surface area contributed by atoms with E-state index in [9.17, 15) is 15.3 Å². The Morgan fingerprint density at radius 2 is 1.41 bits per heavy atom. The Balaban J connectivity index is 1.96. The molecule has 0 amide bonds. The van der Waals surface area contributed by atoms with E-state index in [0.29, 0.717) is 34.6 Å². The van der Waals surface area contributed by atoms with Gasteiger partial charge in [0.1, 0.15) is 17.2 Å². The molecule has 0 heterocycles. The van der Waals surface area contributed by atoms with Gasteiger partial charge in [-0.1, -0.05) is 42.8 Å². The van der Waals surface area contributed by atoms with E-state index in [1.165, 1.54) is 0 Å². The van der Waals surface area contributed by atoms with Crippen molar-refractivity contribution in [1.29, 1.82) is 0 Å². The van der Waals surface area contributed by atoms with Crippen LogP contribution < -0.4 is 0 Å². The molecule has 0 aromatic heterocycles. The molecule has 138 valence electrons. The highest BCUT2D eigenvalue weighted by Crippen LogP contribution is 2.51. The monoisotopic (exact) mass is 380 g/mol. The van der Waals surface area contributed by atoms with Gasteiger partial charge in [0.15, 0.2) is 0 Å². The fourth-order valence-corrected chi connectivity index (χ4v) is 4.06. The Morgan fingerprint density at radius 3 is 2.00 bits per heavy atom. The smallest absolute Gasteiger partial charge is 0.134 e. The maximum Gasteiger partial charge on any atom is 0.134 e. The van der Waals surface area contributed by atoms with E-state index in [2.05, 4.69) is 0 Å². The van der Waals surface area contributed by atoms with Gasteiger partial charge in [-0.3, -0.25) is 0 Å². The minimum absolute atomic E-state index is 0.0172. The molecule has 1 aliphatic rings. The van der Waals surface area contributed by atoms with Gasteiger partial charge >= 0.3 is 0 Å². The van der Waals surface area contributed by atoms with Gasteiger partial charge in [-0.15, -0.1) is 0 Å². The molecule has 3 aromatic carbocycles. The van der Waals surface area contributed by atoms with Crippen molar-refractivity contribution < 1.29 is 15.3 Å². The zero-order chi connectivity index (χ0) is 19.1. The normalized spacial score (nSPS) is 13.0. The molecule has 3 aromatic rings. The molecule has 1 aliphatic carbocycles. The quantitative estimate of drug-likeness (QED) is 0.534. The van der Waals surface area contributed by atoms with Gasteiger partial charge in [-0.2, -0.15) is 0 Å². The third kappa shape index (κ3) is 2.92. The number of rotatable bonds is 3. The lowest BCUT2D eigenvalue weighted by atomic mass is 9.84. The number of phenolic OH excluding ortho intramolecular Hbond substituents is 3. The molecule has 0 saturated carbocycles. The number of hydrogen-bond donors (Lipinski definition) is 3. The topological polar surface area (TPSA) is 60.7 Å². The lowest BCUT2D eigenvalue weighted by Gasteiger charge is -2.23. The second kappa shape index (κ2) is 6.82. The van der Waals surface area contributed by atoms with Gasteiger partial charge in [0.2, 0.25) is 0 Å². The molecular formula is C23H21ClO3. The van der Waals surface area contributed by atoms with Crippen LogP contribution in [-0.4, -0.2) is 15.3 Å². The molecule has 0 aliphatic heterocycles. The predicted octanol–water partition coefficient (Wildman–Crippen LogP) is 5.84. The maximum atomic E-state index is 10.8. The number of halogens is 1. The summed E-state index contributed by atoms with van der Waals surface area (Å²) in [6.07, 6.45) is 2.79. The maximum absolute atomic E-state index is 10.8. The van der Waals surface area contributed by atoms with Crippen molar-refractivity contribution in [2.45, 2.75) is 32.6 Å².